The van der Waals surface area contributed by atoms with Crippen LogP contribution in [0.25, 0.3) is 0 Å². The molecule has 1 aliphatic heterocycles. The lowest BCUT2D eigenvalue weighted by Gasteiger charge is -2.32. The molecule has 0 radical (unpaired) electrons. The number of benzene rings is 1. The minimum Gasteiger partial charge on any atom is -0.494 e. The summed E-state index contributed by atoms with van der Waals surface area (Å²) in [6.07, 6.45) is 3.75. The van der Waals surface area contributed by atoms with Gasteiger partial charge in [0.15, 0.2) is 5.75 Å². The number of methoxy groups -OCH3 is 1. The summed E-state index contributed by atoms with van der Waals surface area (Å²) in [5, 5.41) is 3.65. The molecule has 0 aliphatic carbocycles. The lowest BCUT2D eigenvalue weighted by atomic mass is 10.1. The van der Waals surface area contributed by atoms with Gasteiger partial charge in [0.05, 0.1) is 17.2 Å². The molecule has 4 nitrogen and oxygen atoms in total. The normalized spacial score (nSPS) is 17.1. The van der Waals surface area contributed by atoms with Gasteiger partial charge in [0.1, 0.15) is 5.56 Å². The number of amides is 1. The largest absolute Gasteiger partial charge is 0.494 e. The molecule has 0 bridgehead atoms. The number of piperidine rings is 1. The van der Waals surface area contributed by atoms with E-state index in [4.69, 9.17) is 27.9 Å². The van der Waals surface area contributed by atoms with E-state index in [9.17, 15) is 4.79 Å². The third kappa shape index (κ3) is 4.06. The summed E-state index contributed by atoms with van der Waals surface area (Å²) in [6, 6.07) is 3.53. The Bertz CT molecular complexity index is 531. The second-order valence-electron chi connectivity index (χ2n) is 5.59. The van der Waals surface area contributed by atoms with Gasteiger partial charge >= 0.3 is 0 Å². The summed E-state index contributed by atoms with van der Waals surface area (Å²) >= 11 is 12.2. The first kappa shape index (κ1) is 17.4. The van der Waals surface area contributed by atoms with E-state index in [2.05, 4.69) is 17.1 Å². The number of hydrogen-bond acceptors (Lipinski definition) is 3. The first-order valence-corrected chi connectivity index (χ1v) is 8.34. The molecular weight excluding hydrogens is 323 g/mol. The Kier molecular flexibility index (Phi) is 6.36. The zero-order valence-corrected chi connectivity index (χ0v) is 14.5. The number of nitrogens with zero attached hydrogens (tertiary/aromatic N) is 1. The van der Waals surface area contributed by atoms with Gasteiger partial charge in [-0.25, -0.2) is 0 Å². The highest BCUT2D eigenvalue weighted by Gasteiger charge is 2.21. The SMILES string of the molecule is COc1c(Cl)ccc(Cl)c1C(=O)NCC(C)N1CCCCC1. The van der Waals surface area contributed by atoms with Crippen LogP contribution >= 0.6 is 23.2 Å². The van der Waals surface area contributed by atoms with Crippen LogP contribution < -0.4 is 10.1 Å². The number of hydrogen-bond donors (Lipinski definition) is 1. The van der Waals surface area contributed by atoms with Crippen molar-refractivity contribution >= 4 is 29.1 Å². The molecule has 1 aromatic rings. The van der Waals surface area contributed by atoms with Crippen molar-refractivity contribution in [2.75, 3.05) is 26.7 Å². The Labute approximate surface area is 141 Å². The molecule has 1 atom stereocenters. The van der Waals surface area contributed by atoms with Gasteiger partial charge in [-0.15, -0.1) is 0 Å². The van der Waals surface area contributed by atoms with Gasteiger partial charge in [0, 0.05) is 12.6 Å². The Morgan fingerprint density at radius 2 is 1.91 bits per heavy atom. The van der Waals surface area contributed by atoms with Crippen LogP contribution in [0.5, 0.6) is 5.75 Å². The number of halogens is 2. The van der Waals surface area contributed by atoms with Crippen LogP contribution in [0.1, 0.15) is 36.5 Å². The highest BCUT2D eigenvalue weighted by atomic mass is 35.5. The van der Waals surface area contributed by atoms with Crippen molar-refractivity contribution in [2.45, 2.75) is 32.2 Å². The van der Waals surface area contributed by atoms with E-state index in [0.717, 1.165) is 13.1 Å². The number of ether oxygens (including phenoxy) is 1. The molecule has 2 rings (SSSR count). The molecule has 1 amide bonds. The molecule has 1 unspecified atom stereocenters. The van der Waals surface area contributed by atoms with Gasteiger partial charge < -0.3 is 10.1 Å². The summed E-state index contributed by atoms with van der Waals surface area (Å²) in [4.78, 5) is 14.8. The van der Waals surface area contributed by atoms with Crippen LogP contribution in [-0.4, -0.2) is 43.6 Å². The van der Waals surface area contributed by atoms with Crippen LogP contribution in [-0.2, 0) is 0 Å². The maximum Gasteiger partial charge on any atom is 0.256 e. The molecular formula is C16H22Cl2N2O2. The Balaban J connectivity index is 2.02. The number of likely N-dealkylation sites (tertiary alicyclic amines) is 1. The molecule has 0 spiro atoms. The lowest BCUT2D eigenvalue weighted by Crippen LogP contribution is -2.44. The second kappa shape index (κ2) is 8.04. The lowest BCUT2D eigenvalue weighted by molar-refractivity contribution is 0.0927. The van der Waals surface area contributed by atoms with E-state index in [1.807, 2.05) is 0 Å². The van der Waals surface area contributed by atoms with Crippen molar-refractivity contribution in [3.05, 3.63) is 27.7 Å². The maximum absolute atomic E-state index is 12.4. The van der Waals surface area contributed by atoms with E-state index in [1.54, 1.807) is 12.1 Å². The first-order valence-electron chi connectivity index (χ1n) is 7.58. The van der Waals surface area contributed by atoms with Crippen molar-refractivity contribution in [1.82, 2.24) is 10.2 Å². The van der Waals surface area contributed by atoms with Gasteiger partial charge in [-0.05, 0) is 45.0 Å². The summed E-state index contributed by atoms with van der Waals surface area (Å²) in [6.45, 7) is 4.89. The van der Waals surface area contributed by atoms with Crippen LogP contribution in [0.2, 0.25) is 10.0 Å². The number of nitrogens with one attached hydrogen (secondary N) is 1. The van der Waals surface area contributed by atoms with Crippen molar-refractivity contribution in [1.29, 1.82) is 0 Å². The van der Waals surface area contributed by atoms with E-state index in [1.165, 1.54) is 26.4 Å². The van der Waals surface area contributed by atoms with E-state index in [0.29, 0.717) is 33.9 Å². The van der Waals surface area contributed by atoms with Crippen molar-refractivity contribution in [3.63, 3.8) is 0 Å². The summed E-state index contributed by atoms with van der Waals surface area (Å²) in [7, 11) is 1.48. The van der Waals surface area contributed by atoms with Crippen molar-refractivity contribution in [3.8, 4) is 5.75 Å². The predicted molar refractivity (Wildman–Crippen MR) is 90.2 cm³/mol. The van der Waals surface area contributed by atoms with Crippen LogP contribution in [0, 0.1) is 0 Å². The zero-order chi connectivity index (χ0) is 16.1. The molecule has 6 heteroatoms. The topological polar surface area (TPSA) is 41.6 Å². The molecule has 1 heterocycles. The Morgan fingerprint density at radius 3 is 2.55 bits per heavy atom. The van der Waals surface area contributed by atoms with Gasteiger partial charge in [-0.3, -0.25) is 9.69 Å². The van der Waals surface area contributed by atoms with Gasteiger partial charge in [-0.2, -0.15) is 0 Å². The summed E-state index contributed by atoms with van der Waals surface area (Å²) in [5.41, 5.74) is 0.294. The van der Waals surface area contributed by atoms with E-state index in [-0.39, 0.29) is 5.91 Å². The van der Waals surface area contributed by atoms with Crippen LogP contribution in [0.15, 0.2) is 12.1 Å². The summed E-state index contributed by atoms with van der Waals surface area (Å²) in [5.74, 6) is 0.0606. The minimum atomic E-state index is -0.256. The summed E-state index contributed by atoms with van der Waals surface area (Å²) < 4.78 is 5.21. The average Bonchev–Trinajstić information content (AvgIpc) is 2.54. The minimum absolute atomic E-state index is 0.256. The zero-order valence-electron chi connectivity index (χ0n) is 13.0. The van der Waals surface area contributed by atoms with Gasteiger partial charge in [0.25, 0.3) is 5.91 Å². The highest BCUT2D eigenvalue weighted by molar-refractivity contribution is 6.37. The molecule has 1 aromatic carbocycles. The fraction of sp³-hybridized carbons (Fsp3) is 0.562. The third-order valence-corrected chi connectivity index (χ3v) is 4.67. The quantitative estimate of drug-likeness (QED) is 0.887. The molecule has 1 fully saturated rings. The fourth-order valence-electron chi connectivity index (χ4n) is 2.76. The molecule has 0 aromatic heterocycles. The average molecular weight is 345 g/mol. The standard InChI is InChI=1S/C16H22Cl2N2O2/c1-11(20-8-4-3-5-9-20)10-19-16(21)14-12(17)6-7-13(18)15(14)22-2/h6-7,11H,3-5,8-10H2,1-2H3,(H,19,21). The molecule has 1 N–H and O–H groups in total. The second-order valence-corrected chi connectivity index (χ2v) is 6.41. The Morgan fingerprint density at radius 1 is 1.27 bits per heavy atom. The van der Waals surface area contributed by atoms with Crippen LogP contribution in [0.3, 0.4) is 0 Å². The van der Waals surface area contributed by atoms with E-state index < -0.39 is 0 Å². The Hall–Kier alpha value is -0.970. The molecule has 1 saturated heterocycles. The maximum atomic E-state index is 12.4. The monoisotopic (exact) mass is 344 g/mol. The van der Waals surface area contributed by atoms with Gasteiger partial charge in [-0.1, -0.05) is 29.6 Å². The predicted octanol–water partition coefficient (Wildman–Crippen LogP) is 3.61. The first-order chi connectivity index (χ1) is 10.5. The molecule has 0 saturated carbocycles. The van der Waals surface area contributed by atoms with Gasteiger partial charge in [0.2, 0.25) is 0 Å². The smallest absolute Gasteiger partial charge is 0.256 e. The third-order valence-electron chi connectivity index (χ3n) is 4.06. The fourth-order valence-corrected chi connectivity index (χ4v) is 3.23. The molecule has 1 aliphatic rings. The number of rotatable bonds is 5. The van der Waals surface area contributed by atoms with Crippen molar-refractivity contribution in [2.24, 2.45) is 0 Å². The molecule has 122 valence electrons. The number of carbonyl (C=O) groups is 1. The van der Waals surface area contributed by atoms with Crippen molar-refractivity contribution < 1.29 is 9.53 Å². The molecule has 22 heavy (non-hydrogen) atoms. The van der Waals surface area contributed by atoms with Crippen LogP contribution in [0.4, 0.5) is 0 Å². The van der Waals surface area contributed by atoms with E-state index >= 15 is 0 Å². The number of carbonyl (C=O) groups excluding carboxylic acids is 1. The highest BCUT2D eigenvalue weighted by Crippen LogP contribution is 2.33.